The predicted molar refractivity (Wildman–Crippen MR) is 82.9 cm³/mol. The van der Waals surface area contributed by atoms with Crippen LogP contribution in [0.25, 0.3) is 0 Å². The van der Waals surface area contributed by atoms with E-state index in [0.29, 0.717) is 5.02 Å². The van der Waals surface area contributed by atoms with Gasteiger partial charge in [0.1, 0.15) is 0 Å². The highest BCUT2D eigenvalue weighted by Crippen LogP contribution is 2.19. The van der Waals surface area contributed by atoms with Crippen LogP contribution in [0.15, 0.2) is 48.5 Å². The summed E-state index contributed by atoms with van der Waals surface area (Å²) in [6.45, 7) is 0. The molecule has 0 atom stereocenters. The molecule has 0 aliphatic heterocycles. The summed E-state index contributed by atoms with van der Waals surface area (Å²) in [5.41, 5.74) is 1.66. The molecule has 0 aliphatic carbocycles. The van der Waals surface area contributed by atoms with Crippen LogP contribution in [-0.4, -0.2) is 5.91 Å². The van der Waals surface area contributed by atoms with Crippen LogP contribution in [0.5, 0.6) is 0 Å². The van der Waals surface area contributed by atoms with Crippen molar-refractivity contribution in [2.75, 3.05) is 5.32 Å². The number of benzene rings is 2. The van der Waals surface area contributed by atoms with Gasteiger partial charge in [0.2, 0.25) is 5.91 Å². The fourth-order valence-corrected chi connectivity index (χ4v) is 2.30. The molecule has 0 saturated heterocycles. The van der Waals surface area contributed by atoms with Crippen molar-refractivity contribution in [3.05, 3.63) is 62.7 Å². The molecule has 0 fully saturated rings. The molecule has 2 aromatic rings. The maximum atomic E-state index is 11.9. The topological polar surface area (TPSA) is 29.1 Å². The SMILES string of the molecule is O=C(Cc1ccccc1Cl)Nc1ccccc1I. The van der Waals surface area contributed by atoms with E-state index in [1.165, 1.54) is 0 Å². The fourth-order valence-electron chi connectivity index (χ4n) is 1.57. The van der Waals surface area contributed by atoms with Crippen LogP contribution in [0.1, 0.15) is 5.56 Å². The Balaban J connectivity index is 2.06. The molecule has 0 bridgehead atoms. The fraction of sp³-hybridized carbons (Fsp3) is 0.0714. The molecule has 0 heterocycles. The standard InChI is InChI=1S/C14H11ClINO/c15-11-6-2-1-5-10(11)9-14(18)17-13-8-4-3-7-12(13)16/h1-8H,9H2,(H,17,18). The first-order valence-corrected chi connectivity index (χ1v) is 6.90. The van der Waals surface area contributed by atoms with Crippen molar-refractivity contribution in [1.29, 1.82) is 0 Å². The van der Waals surface area contributed by atoms with E-state index in [1.54, 1.807) is 6.07 Å². The van der Waals surface area contributed by atoms with Crippen LogP contribution in [0.4, 0.5) is 5.69 Å². The lowest BCUT2D eigenvalue weighted by Crippen LogP contribution is -2.15. The zero-order chi connectivity index (χ0) is 13.0. The summed E-state index contributed by atoms with van der Waals surface area (Å²) >= 11 is 8.21. The van der Waals surface area contributed by atoms with E-state index in [1.807, 2.05) is 42.5 Å². The van der Waals surface area contributed by atoms with Gasteiger partial charge < -0.3 is 5.32 Å². The second-order valence-corrected chi connectivity index (χ2v) is 5.37. The average molecular weight is 372 g/mol. The Morgan fingerprint density at radius 2 is 1.78 bits per heavy atom. The number of halogens is 2. The minimum atomic E-state index is -0.0628. The van der Waals surface area contributed by atoms with E-state index in [4.69, 9.17) is 11.6 Å². The van der Waals surface area contributed by atoms with Gasteiger partial charge in [-0.25, -0.2) is 0 Å². The van der Waals surface area contributed by atoms with Gasteiger partial charge >= 0.3 is 0 Å². The van der Waals surface area contributed by atoms with Crippen LogP contribution in [-0.2, 0) is 11.2 Å². The first-order chi connectivity index (χ1) is 8.66. The maximum Gasteiger partial charge on any atom is 0.228 e. The number of hydrogen-bond donors (Lipinski definition) is 1. The van der Waals surface area contributed by atoms with Crippen molar-refractivity contribution in [3.8, 4) is 0 Å². The largest absolute Gasteiger partial charge is 0.325 e. The van der Waals surface area contributed by atoms with Gasteiger partial charge in [0.15, 0.2) is 0 Å². The van der Waals surface area contributed by atoms with Crippen LogP contribution >= 0.6 is 34.2 Å². The summed E-state index contributed by atoms with van der Waals surface area (Å²) < 4.78 is 1.02. The van der Waals surface area contributed by atoms with Gasteiger partial charge in [-0.15, -0.1) is 0 Å². The molecule has 0 aliphatic rings. The molecule has 2 aromatic carbocycles. The minimum absolute atomic E-state index is 0.0628. The van der Waals surface area contributed by atoms with Gasteiger partial charge in [0.25, 0.3) is 0 Å². The Labute approximate surface area is 124 Å². The molecule has 2 rings (SSSR count). The molecule has 18 heavy (non-hydrogen) atoms. The minimum Gasteiger partial charge on any atom is -0.325 e. The lowest BCUT2D eigenvalue weighted by molar-refractivity contribution is -0.115. The normalized spacial score (nSPS) is 10.1. The highest BCUT2D eigenvalue weighted by Gasteiger charge is 2.08. The van der Waals surface area contributed by atoms with Crippen molar-refractivity contribution in [1.82, 2.24) is 0 Å². The molecule has 0 radical (unpaired) electrons. The molecule has 92 valence electrons. The molecule has 4 heteroatoms. The molecular weight excluding hydrogens is 361 g/mol. The van der Waals surface area contributed by atoms with E-state index in [0.717, 1.165) is 14.8 Å². The molecule has 0 aromatic heterocycles. The maximum absolute atomic E-state index is 11.9. The number of hydrogen-bond acceptors (Lipinski definition) is 1. The van der Waals surface area contributed by atoms with Gasteiger partial charge in [-0.3, -0.25) is 4.79 Å². The third kappa shape index (κ3) is 3.46. The highest BCUT2D eigenvalue weighted by atomic mass is 127. The van der Waals surface area contributed by atoms with E-state index < -0.39 is 0 Å². The van der Waals surface area contributed by atoms with Crippen LogP contribution < -0.4 is 5.32 Å². The highest BCUT2D eigenvalue weighted by molar-refractivity contribution is 14.1. The molecular formula is C14H11ClINO. The number of para-hydroxylation sites is 1. The van der Waals surface area contributed by atoms with Gasteiger partial charge in [-0.1, -0.05) is 41.9 Å². The van der Waals surface area contributed by atoms with Gasteiger partial charge in [0, 0.05) is 8.59 Å². The van der Waals surface area contributed by atoms with Crippen molar-refractivity contribution in [3.63, 3.8) is 0 Å². The third-order valence-corrected chi connectivity index (χ3v) is 3.77. The molecule has 2 nitrogen and oxygen atoms in total. The Hall–Kier alpha value is -1.07. The van der Waals surface area contributed by atoms with Crippen LogP contribution in [0, 0.1) is 3.57 Å². The summed E-state index contributed by atoms with van der Waals surface area (Å²) in [5, 5.41) is 3.50. The van der Waals surface area contributed by atoms with Gasteiger partial charge in [-0.05, 0) is 46.4 Å². The predicted octanol–water partition coefficient (Wildman–Crippen LogP) is 4.13. The van der Waals surface area contributed by atoms with Crippen molar-refractivity contribution in [2.24, 2.45) is 0 Å². The molecule has 0 saturated carbocycles. The second kappa shape index (κ2) is 6.20. The summed E-state index contributed by atoms with van der Waals surface area (Å²) in [7, 11) is 0. The average Bonchev–Trinajstić information content (AvgIpc) is 2.35. The Kier molecular flexibility index (Phi) is 4.60. The smallest absolute Gasteiger partial charge is 0.228 e. The van der Waals surface area contributed by atoms with Crippen LogP contribution in [0.3, 0.4) is 0 Å². The summed E-state index contributed by atoms with van der Waals surface area (Å²) in [6.07, 6.45) is 0.282. The zero-order valence-electron chi connectivity index (χ0n) is 9.49. The summed E-state index contributed by atoms with van der Waals surface area (Å²) in [6, 6.07) is 15.0. The Bertz CT molecular complexity index is 522. The first-order valence-electron chi connectivity index (χ1n) is 5.44. The lowest BCUT2D eigenvalue weighted by atomic mass is 10.1. The van der Waals surface area contributed by atoms with Gasteiger partial charge in [-0.2, -0.15) is 0 Å². The zero-order valence-corrected chi connectivity index (χ0v) is 12.4. The summed E-state index contributed by atoms with van der Waals surface area (Å²) in [4.78, 5) is 11.9. The number of carbonyl (C=O) groups is 1. The summed E-state index contributed by atoms with van der Waals surface area (Å²) in [5.74, 6) is -0.0628. The molecule has 0 unspecified atom stereocenters. The van der Waals surface area contributed by atoms with E-state index in [2.05, 4.69) is 27.9 Å². The van der Waals surface area contributed by atoms with Crippen LogP contribution in [0.2, 0.25) is 5.02 Å². The number of amides is 1. The monoisotopic (exact) mass is 371 g/mol. The van der Waals surface area contributed by atoms with E-state index in [9.17, 15) is 4.79 Å². The Morgan fingerprint density at radius 1 is 1.11 bits per heavy atom. The van der Waals surface area contributed by atoms with Crippen molar-refractivity contribution >= 4 is 45.8 Å². The Morgan fingerprint density at radius 3 is 2.50 bits per heavy atom. The second-order valence-electron chi connectivity index (χ2n) is 3.80. The van der Waals surface area contributed by atoms with Gasteiger partial charge in [0.05, 0.1) is 12.1 Å². The van der Waals surface area contributed by atoms with Crippen molar-refractivity contribution < 1.29 is 4.79 Å². The van der Waals surface area contributed by atoms with Crippen molar-refractivity contribution in [2.45, 2.75) is 6.42 Å². The number of carbonyl (C=O) groups excluding carboxylic acids is 1. The quantitative estimate of drug-likeness (QED) is 0.808. The third-order valence-electron chi connectivity index (χ3n) is 2.46. The molecule has 0 spiro atoms. The molecule has 1 amide bonds. The first kappa shape index (κ1) is 13.4. The number of anilines is 1. The lowest BCUT2D eigenvalue weighted by Gasteiger charge is -2.08. The van der Waals surface area contributed by atoms with E-state index >= 15 is 0 Å². The van der Waals surface area contributed by atoms with E-state index in [-0.39, 0.29) is 12.3 Å². The molecule has 1 N–H and O–H groups in total. The number of rotatable bonds is 3. The number of nitrogens with one attached hydrogen (secondary N) is 1.